The average Bonchev–Trinajstić information content (AvgIpc) is 2.42. The van der Waals surface area contributed by atoms with Gasteiger partial charge in [0.1, 0.15) is 6.61 Å². The highest BCUT2D eigenvalue weighted by Crippen LogP contribution is 2.07. The SMILES string of the molecule is CC(C)=CCC(C)/C=C/COC(=O)Cc1ccccc1. The van der Waals surface area contributed by atoms with Crippen LogP contribution in [0, 0.1) is 5.92 Å². The number of carbonyl (C=O) groups excluding carboxylic acids is 1. The third kappa shape index (κ3) is 7.57. The number of carbonyl (C=O) groups is 1. The zero-order valence-corrected chi connectivity index (χ0v) is 12.6. The van der Waals surface area contributed by atoms with Crippen LogP contribution in [-0.2, 0) is 16.0 Å². The highest BCUT2D eigenvalue weighted by molar-refractivity contribution is 5.72. The van der Waals surface area contributed by atoms with Crippen molar-refractivity contribution in [1.29, 1.82) is 0 Å². The summed E-state index contributed by atoms with van der Waals surface area (Å²) in [6.07, 6.45) is 7.59. The van der Waals surface area contributed by atoms with E-state index >= 15 is 0 Å². The Labute approximate surface area is 122 Å². The summed E-state index contributed by atoms with van der Waals surface area (Å²) in [6, 6.07) is 9.64. The van der Waals surface area contributed by atoms with Gasteiger partial charge in [-0.15, -0.1) is 0 Å². The molecule has 0 saturated carbocycles. The van der Waals surface area contributed by atoms with Gasteiger partial charge in [0.05, 0.1) is 6.42 Å². The van der Waals surface area contributed by atoms with E-state index in [1.54, 1.807) is 0 Å². The van der Waals surface area contributed by atoms with Crippen molar-refractivity contribution in [2.24, 2.45) is 5.92 Å². The first-order chi connectivity index (χ1) is 9.58. The topological polar surface area (TPSA) is 26.3 Å². The van der Waals surface area contributed by atoms with Gasteiger partial charge in [0.15, 0.2) is 0 Å². The van der Waals surface area contributed by atoms with Gasteiger partial charge in [-0.25, -0.2) is 0 Å². The fourth-order valence-corrected chi connectivity index (χ4v) is 1.74. The largest absolute Gasteiger partial charge is 0.461 e. The second kappa shape index (κ2) is 9.13. The standard InChI is InChI=1S/C18H24O2/c1-15(2)11-12-16(3)8-7-13-20-18(19)14-17-9-5-4-6-10-17/h4-11,16H,12-14H2,1-3H3/b8-7+. The lowest BCUT2D eigenvalue weighted by Gasteiger charge is -2.04. The maximum absolute atomic E-state index is 11.6. The monoisotopic (exact) mass is 272 g/mol. The number of ether oxygens (including phenoxy) is 1. The minimum atomic E-state index is -0.183. The summed E-state index contributed by atoms with van der Waals surface area (Å²) in [7, 11) is 0. The predicted molar refractivity (Wildman–Crippen MR) is 83.5 cm³/mol. The molecule has 20 heavy (non-hydrogen) atoms. The molecule has 0 aliphatic carbocycles. The molecule has 108 valence electrons. The molecule has 0 heterocycles. The molecule has 0 aliphatic heterocycles. The smallest absolute Gasteiger partial charge is 0.310 e. The number of allylic oxidation sites excluding steroid dienone is 3. The van der Waals surface area contributed by atoms with Gasteiger partial charge in [-0.2, -0.15) is 0 Å². The number of esters is 1. The second-order valence-corrected chi connectivity index (χ2v) is 5.27. The lowest BCUT2D eigenvalue weighted by molar-refractivity contribution is -0.141. The Bertz CT molecular complexity index is 454. The average molecular weight is 272 g/mol. The number of rotatable bonds is 7. The number of benzene rings is 1. The van der Waals surface area contributed by atoms with E-state index in [4.69, 9.17) is 4.74 Å². The second-order valence-electron chi connectivity index (χ2n) is 5.27. The molecule has 1 aromatic carbocycles. The minimum Gasteiger partial charge on any atom is -0.461 e. The van der Waals surface area contributed by atoms with E-state index < -0.39 is 0 Å². The third-order valence-corrected chi connectivity index (χ3v) is 2.89. The maximum atomic E-state index is 11.6. The van der Waals surface area contributed by atoms with Crippen molar-refractivity contribution in [2.45, 2.75) is 33.6 Å². The summed E-state index contributed by atoms with van der Waals surface area (Å²) < 4.78 is 5.18. The van der Waals surface area contributed by atoms with Crippen molar-refractivity contribution in [3.63, 3.8) is 0 Å². The zero-order valence-electron chi connectivity index (χ0n) is 12.6. The summed E-state index contributed by atoms with van der Waals surface area (Å²) in [6.45, 7) is 6.70. The molecule has 0 spiro atoms. The molecule has 0 amide bonds. The van der Waals surface area contributed by atoms with Gasteiger partial charge < -0.3 is 4.74 Å². The quantitative estimate of drug-likeness (QED) is 0.546. The highest BCUT2D eigenvalue weighted by atomic mass is 16.5. The van der Waals surface area contributed by atoms with Gasteiger partial charge in [0.25, 0.3) is 0 Å². The number of hydrogen-bond acceptors (Lipinski definition) is 2. The molecule has 0 N–H and O–H groups in total. The molecular formula is C18H24O2. The fraction of sp³-hybridized carbons (Fsp3) is 0.389. The van der Waals surface area contributed by atoms with Crippen molar-refractivity contribution < 1.29 is 9.53 Å². The van der Waals surface area contributed by atoms with E-state index in [0.717, 1.165) is 12.0 Å². The van der Waals surface area contributed by atoms with Crippen LogP contribution in [0.5, 0.6) is 0 Å². The lowest BCUT2D eigenvalue weighted by Crippen LogP contribution is -2.08. The van der Waals surface area contributed by atoms with Crippen LogP contribution < -0.4 is 0 Å². The first-order valence-corrected chi connectivity index (χ1v) is 7.07. The molecule has 0 radical (unpaired) electrons. The van der Waals surface area contributed by atoms with Crippen LogP contribution in [0.1, 0.15) is 32.8 Å². The molecule has 1 rings (SSSR count). The van der Waals surface area contributed by atoms with Crippen LogP contribution in [0.2, 0.25) is 0 Å². The Balaban J connectivity index is 2.23. The number of hydrogen-bond donors (Lipinski definition) is 0. The third-order valence-electron chi connectivity index (χ3n) is 2.89. The zero-order chi connectivity index (χ0) is 14.8. The van der Waals surface area contributed by atoms with E-state index in [1.807, 2.05) is 36.4 Å². The Kier molecular flexibility index (Phi) is 7.41. The van der Waals surface area contributed by atoms with Crippen molar-refractivity contribution in [1.82, 2.24) is 0 Å². The molecule has 0 aromatic heterocycles. The molecule has 1 aromatic rings. The van der Waals surface area contributed by atoms with Crippen LogP contribution in [0.15, 0.2) is 54.1 Å². The van der Waals surface area contributed by atoms with Gasteiger partial charge in [0, 0.05) is 0 Å². The van der Waals surface area contributed by atoms with Crippen LogP contribution in [0.4, 0.5) is 0 Å². The predicted octanol–water partition coefficient (Wildman–Crippen LogP) is 4.32. The van der Waals surface area contributed by atoms with E-state index in [-0.39, 0.29) is 5.97 Å². The van der Waals surface area contributed by atoms with E-state index in [1.165, 1.54) is 5.57 Å². The summed E-state index contributed by atoms with van der Waals surface area (Å²) >= 11 is 0. The first-order valence-electron chi connectivity index (χ1n) is 7.07. The van der Waals surface area contributed by atoms with E-state index in [2.05, 4.69) is 32.9 Å². The van der Waals surface area contributed by atoms with E-state index in [9.17, 15) is 4.79 Å². The van der Waals surface area contributed by atoms with Gasteiger partial charge in [-0.1, -0.05) is 61.1 Å². The van der Waals surface area contributed by atoms with Crippen LogP contribution in [0.25, 0.3) is 0 Å². The molecule has 0 bridgehead atoms. The van der Waals surface area contributed by atoms with Crippen LogP contribution in [0.3, 0.4) is 0 Å². The minimum absolute atomic E-state index is 0.183. The van der Waals surface area contributed by atoms with E-state index in [0.29, 0.717) is 18.9 Å². The van der Waals surface area contributed by atoms with Gasteiger partial charge in [-0.05, 0) is 31.7 Å². The van der Waals surface area contributed by atoms with Crippen molar-refractivity contribution >= 4 is 5.97 Å². The molecule has 0 saturated heterocycles. The molecule has 2 heteroatoms. The summed E-state index contributed by atoms with van der Waals surface area (Å²) in [5, 5.41) is 0. The van der Waals surface area contributed by atoms with Gasteiger partial charge >= 0.3 is 5.97 Å². The molecule has 1 unspecified atom stereocenters. The summed E-state index contributed by atoms with van der Waals surface area (Å²) in [5.74, 6) is 0.288. The molecule has 1 atom stereocenters. The summed E-state index contributed by atoms with van der Waals surface area (Å²) in [4.78, 5) is 11.6. The van der Waals surface area contributed by atoms with Crippen molar-refractivity contribution in [3.8, 4) is 0 Å². The summed E-state index contributed by atoms with van der Waals surface area (Å²) in [5.41, 5.74) is 2.32. The lowest BCUT2D eigenvalue weighted by atomic mass is 10.1. The fourth-order valence-electron chi connectivity index (χ4n) is 1.74. The Morgan fingerprint density at radius 3 is 2.60 bits per heavy atom. The first kappa shape index (κ1) is 16.2. The van der Waals surface area contributed by atoms with Gasteiger partial charge in [0.2, 0.25) is 0 Å². The van der Waals surface area contributed by atoms with Crippen molar-refractivity contribution in [2.75, 3.05) is 6.61 Å². The molecule has 2 nitrogen and oxygen atoms in total. The van der Waals surface area contributed by atoms with Crippen LogP contribution in [-0.4, -0.2) is 12.6 Å². The Hall–Kier alpha value is -1.83. The van der Waals surface area contributed by atoms with Gasteiger partial charge in [-0.3, -0.25) is 4.79 Å². The molecular weight excluding hydrogens is 248 g/mol. The maximum Gasteiger partial charge on any atom is 0.310 e. The highest BCUT2D eigenvalue weighted by Gasteiger charge is 2.02. The Morgan fingerprint density at radius 2 is 1.95 bits per heavy atom. The van der Waals surface area contributed by atoms with Crippen molar-refractivity contribution in [3.05, 3.63) is 59.7 Å². The molecule has 0 aliphatic rings. The Morgan fingerprint density at radius 1 is 1.25 bits per heavy atom. The normalized spacial score (nSPS) is 12.2. The van der Waals surface area contributed by atoms with Crippen LogP contribution >= 0.6 is 0 Å². The molecule has 0 fully saturated rings.